The molecule has 2 aliphatic heterocycles. The summed E-state index contributed by atoms with van der Waals surface area (Å²) in [4.78, 5) is 38.9. The van der Waals surface area contributed by atoms with E-state index in [9.17, 15) is 14.4 Å². The molecular weight excluding hydrogens is 573 g/mol. The number of nitrogens with one attached hydrogen (secondary N) is 3. The molecule has 1 spiro atoms. The highest BCUT2D eigenvalue weighted by Gasteiger charge is 2.66. The average molecular weight is 603 g/mol. The number of carbonyl (C=O) groups is 3. The zero-order valence-corrected chi connectivity index (χ0v) is 24.2. The minimum atomic E-state index is -2.51. The Balaban J connectivity index is 1.59. The molecule has 11 heteroatoms. The molecule has 0 aromatic heterocycles. The van der Waals surface area contributed by atoms with Crippen LogP contribution in [0.25, 0.3) is 0 Å². The van der Waals surface area contributed by atoms with Gasteiger partial charge in [0.25, 0.3) is 0 Å². The Morgan fingerprint density at radius 3 is 2.46 bits per heavy atom. The summed E-state index contributed by atoms with van der Waals surface area (Å²) in [5.41, 5.74) is 1.52. The number of hydrogen-bond acceptors (Lipinski definition) is 4. The number of alkyl halides is 1. The van der Waals surface area contributed by atoms with E-state index in [-0.39, 0.29) is 44.3 Å². The van der Waals surface area contributed by atoms with E-state index >= 15 is 8.78 Å². The number of amides is 3. The molecule has 0 radical (unpaired) electrons. The fourth-order valence-electron chi connectivity index (χ4n) is 6.29. The maximum Gasteiger partial charge on any atom is 0.248 e. The number of halogens is 4. The molecular formula is C30H30Cl2F2N4O3. The Hall–Kier alpha value is -3.27. The average Bonchev–Trinajstić information content (AvgIpc) is 3.37. The third kappa shape index (κ3) is 5.04. The van der Waals surface area contributed by atoms with Gasteiger partial charge in [-0.15, -0.1) is 0 Å². The number of nitrogens with two attached hydrogens (primary N) is 1. The number of allylic oxidation sites excluding steroid dienone is 2. The first-order valence-electron chi connectivity index (χ1n) is 13.2. The lowest BCUT2D eigenvalue weighted by Gasteiger charge is -2.41. The number of benzene rings is 2. The van der Waals surface area contributed by atoms with Gasteiger partial charge in [0.05, 0.1) is 16.5 Å². The van der Waals surface area contributed by atoms with Crippen LogP contribution < -0.4 is 21.7 Å². The molecule has 7 nitrogen and oxygen atoms in total. The molecule has 1 aliphatic carbocycles. The summed E-state index contributed by atoms with van der Waals surface area (Å²) in [5, 5.41) is 8.74. The van der Waals surface area contributed by atoms with Crippen molar-refractivity contribution < 1.29 is 23.2 Å². The highest BCUT2D eigenvalue weighted by Crippen LogP contribution is 2.60. The Morgan fingerprint density at radius 2 is 1.83 bits per heavy atom. The van der Waals surface area contributed by atoms with E-state index in [1.807, 2.05) is 20.8 Å². The Bertz CT molecular complexity index is 1520. The SMILES string of the molecule is CC(C)(C)C[C@@H]1N[C@@H](C(=O)Nc2ccc(C(N)=O)cc2)CC12C(=O)NC1=C2[C@](F)(c2cccc(Cl)c2F)CC(Cl)=C1. The number of carbonyl (C=O) groups excluding carboxylic acids is 3. The van der Waals surface area contributed by atoms with Crippen LogP contribution in [0.15, 0.2) is 64.8 Å². The molecule has 4 atom stereocenters. The molecule has 3 amide bonds. The largest absolute Gasteiger partial charge is 0.366 e. The summed E-state index contributed by atoms with van der Waals surface area (Å²) in [6.45, 7) is 5.94. The van der Waals surface area contributed by atoms with Crippen molar-refractivity contribution in [2.75, 3.05) is 5.32 Å². The summed E-state index contributed by atoms with van der Waals surface area (Å²) in [6.07, 6.45) is 1.42. The highest BCUT2D eigenvalue weighted by molar-refractivity contribution is 6.31. The van der Waals surface area contributed by atoms with E-state index in [1.165, 1.54) is 36.4 Å². The van der Waals surface area contributed by atoms with Crippen molar-refractivity contribution in [3.05, 3.63) is 86.8 Å². The topological polar surface area (TPSA) is 113 Å². The molecule has 1 saturated heterocycles. The summed E-state index contributed by atoms with van der Waals surface area (Å²) in [5.74, 6) is -2.47. The number of rotatable bonds is 5. The van der Waals surface area contributed by atoms with Gasteiger partial charge in [0.2, 0.25) is 17.7 Å². The number of anilines is 1. The normalized spacial score (nSPS) is 27.5. The van der Waals surface area contributed by atoms with Crippen LogP contribution in [0.4, 0.5) is 14.5 Å². The lowest BCUT2D eigenvalue weighted by molar-refractivity contribution is -0.128. The van der Waals surface area contributed by atoms with Crippen molar-refractivity contribution in [1.29, 1.82) is 0 Å². The molecule has 41 heavy (non-hydrogen) atoms. The smallest absolute Gasteiger partial charge is 0.248 e. The Morgan fingerprint density at radius 1 is 1.15 bits per heavy atom. The van der Waals surface area contributed by atoms with Gasteiger partial charge in [0.1, 0.15) is 5.82 Å². The van der Waals surface area contributed by atoms with E-state index < -0.39 is 53.1 Å². The lowest BCUT2D eigenvalue weighted by Crippen LogP contribution is -2.50. The molecule has 2 aromatic carbocycles. The first-order valence-corrected chi connectivity index (χ1v) is 13.9. The van der Waals surface area contributed by atoms with Crippen molar-refractivity contribution in [3.63, 3.8) is 0 Å². The van der Waals surface area contributed by atoms with Crippen molar-refractivity contribution >= 4 is 46.6 Å². The van der Waals surface area contributed by atoms with Crippen LogP contribution in [0, 0.1) is 16.6 Å². The first kappa shape index (κ1) is 29.2. The third-order valence-electron chi connectivity index (χ3n) is 7.95. The summed E-state index contributed by atoms with van der Waals surface area (Å²) < 4.78 is 33.0. The van der Waals surface area contributed by atoms with Crippen LogP contribution in [0.1, 0.15) is 56.0 Å². The zero-order chi connectivity index (χ0) is 29.9. The van der Waals surface area contributed by atoms with E-state index in [2.05, 4.69) is 16.0 Å². The van der Waals surface area contributed by atoms with Crippen LogP contribution in [0.3, 0.4) is 0 Å². The molecule has 5 rings (SSSR count). The third-order valence-corrected chi connectivity index (χ3v) is 8.48. The van der Waals surface area contributed by atoms with Crippen LogP contribution in [-0.4, -0.2) is 29.8 Å². The minimum absolute atomic E-state index is 0.0448. The fourth-order valence-corrected chi connectivity index (χ4v) is 6.76. The van der Waals surface area contributed by atoms with Crippen LogP contribution >= 0.6 is 23.2 Å². The van der Waals surface area contributed by atoms with Gasteiger partial charge < -0.3 is 21.7 Å². The summed E-state index contributed by atoms with van der Waals surface area (Å²) in [7, 11) is 0. The monoisotopic (exact) mass is 602 g/mol. The number of hydrogen-bond donors (Lipinski definition) is 4. The fraction of sp³-hybridized carbons (Fsp3) is 0.367. The number of primary amides is 1. The van der Waals surface area contributed by atoms with Crippen molar-refractivity contribution in [2.24, 2.45) is 16.6 Å². The Kier molecular flexibility index (Phi) is 7.29. The highest BCUT2D eigenvalue weighted by atomic mass is 35.5. The van der Waals surface area contributed by atoms with Gasteiger partial charge in [-0.1, -0.05) is 56.1 Å². The van der Waals surface area contributed by atoms with Crippen molar-refractivity contribution in [3.8, 4) is 0 Å². The summed E-state index contributed by atoms with van der Waals surface area (Å²) >= 11 is 12.4. The van der Waals surface area contributed by atoms with Gasteiger partial charge >= 0.3 is 0 Å². The number of fused-ring (bicyclic) bond motifs is 1. The van der Waals surface area contributed by atoms with Gasteiger partial charge in [-0.05, 0) is 54.7 Å². The van der Waals surface area contributed by atoms with Gasteiger partial charge in [0.15, 0.2) is 5.67 Å². The molecule has 5 N–H and O–H groups in total. The second-order valence-electron chi connectivity index (χ2n) is 12.1. The molecule has 2 heterocycles. The maximum atomic E-state index is 17.6. The summed E-state index contributed by atoms with van der Waals surface area (Å²) in [6, 6.07) is 8.56. The minimum Gasteiger partial charge on any atom is -0.366 e. The van der Waals surface area contributed by atoms with E-state index in [0.29, 0.717) is 12.1 Å². The molecule has 2 aromatic rings. The standard InChI is InChI=1S/C30H30Cl2F2N4O3/c1-28(2,3)14-22-29(13-21(37-22)26(40)36-17-9-7-15(8-10-17)25(35)39)24-20(38-27(29)41)11-16(31)12-30(24,34)18-5-4-6-19(32)23(18)33/h4-11,21-22,37H,12-14H2,1-3H3,(H2,35,39)(H,36,40)(H,38,41)/t21-,22+,29?,30-/m1/s1. The molecule has 1 unspecified atom stereocenters. The first-order chi connectivity index (χ1) is 19.2. The Labute approximate surface area is 246 Å². The quantitative estimate of drug-likeness (QED) is 0.365. The predicted octanol–water partition coefficient (Wildman–Crippen LogP) is 5.44. The van der Waals surface area contributed by atoms with Gasteiger partial charge in [-0.25, -0.2) is 8.78 Å². The van der Waals surface area contributed by atoms with Crippen LogP contribution in [-0.2, 0) is 15.3 Å². The second kappa shape index (κ2) is 10.2. The molecule has 3 aliphatic rings. The molecule has 0 bridgehead atoms. The zero-order valence-electron chi connectivity index (χ0n) is 22.7. The van der Waals surface area contributed by atoms with Crippen LogP contribution in [0.2, 0.25) is 5.02 Å². The van der Waals surface area contributed by atoms with Crippen molar-refractivity contribution in [2.45, 2.75) is 57.8 Å². The van der Waals surface area contributed by atoms with E-state index in [0.717, 1.165) is 0 Å². The van der Waals surface area contributed by atoms with Crippen molar-refractivity contribution in [1.82, 2.24) is 10.6 Å². The van der Waals surface area contributed by atoms with Gasteiger partial charge in [-0.2, -0.15) is 0 Å². The predicted molar refractivity (Wildman–Crippen MR) is 153 cm³/mol. The van der Waals surface area contributed by atoms with E-state index in [4.69, 9.17) is 28.9 Å². The van der Waals surface area contributed by atoms with Gasteiger partial charge in [-0.3, -0.25) is 14.4 Å². The molecule has 0 saturated carbocycles. The molecule has 216 valence electrons. The van der Waals surface area contributed by atoms with Crippen LogP contribution in [0.5, 0.6) is 0 Å². The molecule has 1 fully saturated rings. The van der Waals surface area contributed by atoms with E-state index in [1.54, 1.807) is 12.1 Å². The second-order valence-corrected chi connectivity index (χ2v) is 12.9. The maximum absolute atomic E-state index is 17.6. The lowest BCUT2D eigenvalue weighted by atomic mass is 9.62. The van der Waals surface area contributed by atoms with Gasteiger partial charge in [0, 0.05) is 45.6 Å².